The lowest BCUT2D eigenvalue weighted by molar-refractivity contribution is -0.151. The minimum atomic E-state index is -1.44. The lowest BCUT2D eigenvalue weighted by Gasteiger charge is -2.40. The first-order valence-electron chi connectivity index (χ1n) is 17.7. The van der Waals surface area contributed by atoms with Crippen LogP contribution in [0.3, 0.4) is 0 Å². The molecule has 0 aromatic carbocycles. The van der Waals surface area contributed by atoms with E-state index in [-0.39, 0.29) is 31.1 Å². The van der Waals surface area contributed by atoms with Crippen molar-refractivity contribution in [3.8, 4) is 0 Å². The van der Waals surface area contributed by atoms with Gasteiger partial charge >= 0.3 is 12.1 Å². The van der Waals surface area contributed by atoms with Crippen LogP contribution in [0.2, 0.25) is 0 Å². The number of rotatable bonds is 6. The maximum Gasteiger partial charge on any atom is 0.410 e. The number of piperazine rings is 1. The molecular weight excluding hydrogens is 594 g/mol. The summed E-state index contributed by atoms with van der Waals surface area (Å²) < 4.78 is 11.9. The molecule has 0 radical (unpaired) electrons. The number of allylic oxidation sites excluding steroid dienone is 3. The van der Waals surface area contributed by atoms with Gasteiger partial charge in [-0.1, -0.05) is 69.9 Å². The molecule has 260 valence electrons. The number of aliphatic hydroxyl groups is 2. The van der Waals surface area contributed by atoms with Gasteiger partial charge in [0.1, 0.15) is 11.7 Å². The van der Waals surface area contributed by atoms with E-state index in [4.69, 9.17) is 9.47 Å². The molecule has 4 rings (SSSR count). The first-order valence-corrected chi connectivity index (χ1v) is 17.7. The minimum absolute atomic E-state index is 0.101. The van der Waals surface area contributed by atoms with Gasteiger partial charge in [-0.3, -0.25) is 14.7 Å². The quantitative estimate of drug-likeness (QED) is 0.161. The van der Waals surface area contributed by atoms with Crippen molar-refractivity contribution in [3.63, 3.8) is 0 Å². The van der Waals surface area contributed by atoms with Crippen LogP contribution in [-0.2, 0) is 14.3 Å². The normalized spacial score (nSPS) is 30.9. The summed E-state index contributed by atoms with van der Waals surface area (Å²) in [7, 11) is 0. The maximum absolute atomic E-state index is 13.4. The molecule has 9 nitrogen and oxygen atoms in total. The third kappa shape index (κ3) is 10.7. The van der Waals surface area contributed by atoms with E-state index in [0.29, 0.717) is 19.1 Å². The molecule has 3 heterocycles. The van der Waals surface area contributed by atoms with E-state index in [0.717, 1.165) is 29.9 Å². The number of aliphatic hydroxyl groups excluding tert-OH is 1. The Balaban J connectivity index is 1.46. The zero-order valence-corrected chi connectivity index (χ0v) is 29.1. The fraction of sp³-hybridized carbons (Fsp3) is 0.658. The molecule has 2 N–H and O–H groups in total. The minimum Gasteiger partial charge on any atom is -0.457 e. The number of esters is 1. The fourth-order valence-electron chi connectivity index (χ4n) is 7.06. The summed E-state index contributed by atoms with van der Waals surface area (Å²) >= 11 is 0. The van der Waals surface area contributed by atoms with E-state index in [9.17, 15) is 19.8 Å². The van der Waals surface area contributed by atoms with Gasteiger partial charge in [-0.05, 0) is 69.7 Å². The van der Waals surface area contributed by atoms with E-state index >= 15 is 0 Å². The number of hydrogen-bond acceptors (Lipinski definition) is 8. The summed E-state index contributed by atoms with van der Waals surface area (Å²) in [4.78, 5) is 35.1. The van der Waals surface area contributed by atoms with Gasteiger partial charge in [-0.15, -0.1) is 0 Å². The van der Waals surface area contributed by atoms with Gasteiger partial charge in [-0.2, -0.15) is 0 Å². The standard InChI is InChI=1S/C38H57N3O6/c1-27(35-28(2)14-11-21-39-35)12-10-13-29(3)36-30(4)17-18-33(38(5,45)20-19-32(42)26-34(43)47-36)46-37(44)41-24-22-40(23-25-41)31-15-8-6-7-9-16-31/h10-14,17-18,21,27,30-33,36,42,45H,6-9,15-16,19-20,22-26H2,1-5H3/b12-10+,18-17-,29-13+/t27?,30-,32-,33-,36+,38-/m0/s1. The van der Waals surface area contributed by atoms with Crippen molar-refractivity contribution in [1.82, 2.24) is 14.8 Å². The molecule has 1 saturated carbocycles. The second kappa shape index (κ2) is 17.4. The summed E-state index contributed by atoms with van der Waals surface area (Å²) in [5.41, 5.74) is 1.52. The summed E-state index contributed by atoms with van der Waals surface area (Å²) in [5, 5.41) is 22.2. The first-order chi connectivity index (χ1) is 22.4. The van der Waals surface area contributed by atoms with Crippen molar-refractivity contribution >= 4 is 12.1 Å². The van der Waals surface area contributed by atoms with Crippen LogP contribution in [0.5, 0.6) is 0 Å². The van der Waals surface area contributed by atoms with Crippen molar-refractivity contribution in [3.05, 3.63) is 65.5 Å². The summed E-state index contributed by atoms with van der Waals surface area (Å²) in [6.07, 6.45) is 16.1. The molecule has 1 amide bonds. The highest BCUT2D eigenvalue weighted by molar-refractivity contribution is 5.70. The van der Waals surface area contributed by atoms with E-state index in [1.165, 1.54) is 38.5 Å². The molecular formula is C38H57N3O6. The summed E-state index contributed by atoms with van der Waals surface area (Å²) in [6.45, 7) is 12.4. The van der Waals surface area contributed by atoms with Crippen LogP contribution >= 0.6 is 0 Å². The van der Waals surface area contributed by atoms with Gasteiger partial charge in [0.05, 0.1) is 12.5 Å². The number of hydrogen-bond donors (Lipinski definition) is 2. The Bertz CT molecular complexity index is 1260. The molecule has 0 spiro atoms. The number of carbonyl (C=O) groups is 2. The molecule has 2 fully saturated rings. The molecule has 9 heteroatoms. The molecule has 1 saturated heterocycles. The number of cyclic esters (lactones) is 1. The van der Waals surface area contributed by atoms with E-state index in [1.807, 2.05) is 51.1 Å². The maximum atomic E-state index is 13.4. The highest BCUT2D eigenvalue weighted by Crippen LogP contribution is 2.28. The average molecular weight is 652 g/mol. The lowest BCUT2D eigenvalue weighted by Crippen LogP contribution is -2.53. The van der Waals surface area contributed by atoms with Gasteiger partial charge in [0.15, 0.2) is 6.10 Å². The summed E-state index contributed by atoms with van der Waals surface area (Å²) in [5.74, 6) is -0.692. The number of carbonyl (C=O) groups excluding carboxylic acids is 2. The second-order valence-electron chi connectivity index (χ2n) is 14.2. The van der Waals surface area contributed by atoms with Gasteiger partial charge in [0.2, 0.25) is 0 Å². The van der Waals surface area contributed by atoms with Gasteiger partial charge < -0.3 is 24.6 Å². The number of aryl methyl sites for hydroxylation is 1. The van der Waals surface area contributed by atoms with Crippen LogP contribution < -0.4 is 0 Å². The largest absolute Gasteiger partial charge is 0.457 e. The Hall–Kier alpha value is -3.01. The van der Waals surface area contributed by atoms with Crippen molar-refractivity contribution < 1.29 is 29.3 Å². The molecule has 6 atom stereocenters. The van der Waals surface area contributed by atoms with Crippen LogP contribution in [0.25, 0.3) is 0 Å². The highest BCUT2D eigenvalue weighted by atomic mass is 16.6. The smallest absolute Gasteiger partial charge is 0.410 e. The van der Waals surface area contributed by atoms with E-state index < -0.39 is 36.0 Å². The van der Waals surface area contributed by atoms with Crippen LogP contribution in [0, 0.1) is 12.8 Å². The third-order valence-electron chi connectivity index (χ3n) is 10.2. The first kappa shape index (κ1) is 36.8. The number of aromatic nitrogens is 1. The van der Waals surface area contributed by atoms with Gasteiger partial charge in [-0.25, -0.2) is 4.79 Å². The van der Waals surface area contributed by atoms with Crippen molar-refractivity contribution in [1.29, 1.82) is 0 Å². The van der Waals surface area contributed by atoms with Crippen molar-refractivity contribution in [2.45, 2.75) is 128 Å². The fourth-order valence-corrected chi connectivity index (χ4v) is 7.06. The topological polar surface area (TPSA) is 112 Å². The van der Waals surface area contributed by atoms with Crippen LogP contribution in [-0.4, -0.2) is 93.2 Å². The Kier molecular flexibility index (Phi) is 13.6. The zero-order valence-electron chi connectivity index (χ0n) is 29.1. The molecule has 47 heavy (non-hydrogen) atoms. The zero-order chi connectivity index (χ0) is 34.0. The Labute approximate surface area is 281 Å². The SMILES string of the molecule is C/C(=C\C=C\C(C)c1ncccc1C)[C@H]1OC(=O)C[C@@H](O)CC[C@](C)(O)[C@@H](OC(=O)N2CCN(C3CCCCCC3)CC2)/C=C\[C@@H]1C. The third-order valence-corrected chi connectivity index (χ3v) is 10.2. The van der Waals surface area contributed by atoms with Crippen LogP contribution in [0.4, 0.5) is 4.79 Å². The number of nitrogens with zero attached hydrogens (tertiary/aromatic N) is 3. The predicted octanol–water partition coefficient (Wildman–Crippen LogP) is 6.24. The summed E-state index contributed by atoms with van der Waals surface area (Å²) in [6, 6.07) is 4.57. The second-order valence-corrected chi connectivity index (χ2v) is 14.2. The van der Waals surface area contributed by atoms with Gasteiger partial charge in [0.25, 0.3) is 0 Å². The predicted molar refractivity (Wildman–Crippen MR) is 184 cm³/mol. The molecule has 0 bridgehead atoms. The molecule has 3 aliphatic rings. The molecule has 1 aromatic heterocycles. The Morgan fingerprint density at radius 2 is 1.83 bits per heavy atom. The van der Waals surface area contributed by atoms with Crippen molar-refractivity contribution in [2.24, 2.45) is 5.92 Å². The molecule has 1 aromatic rings. The Morgan fingerprint density at radius 1 is 1.13 bits per heavy atom. The number of pyridine rings is 1. The lowest BCUT2D eigenvalue weighted by atomic mass is 9.88. The van der Waals surface area contributed by atoms with E-state index in [1.54, 1.807) is 24.1 Å². The monoisotopic (exact) mass is 651 g/mol. The Morgan fingerprint density at radius 3 is 2.51 bits per heavy atom. The molecule has 1 aliphatic carbocycles. The van der Waals surface area contributed by atoms with Crippen LogP contribution in [0.15, 0.2) is 54.3 Å². The molecule has 1 unspecified atom stereocenters. The highest BCUT2D eigenvalue weighted by Gasteiger charge is 2.37. The van der Waals surface area contributed by atoms with E-state index in [2.05, 4.69) is 22.9 Å². The van der Waals surface area contributed by atoms with Crippen molar-refractivity contribution in [2.75, 3.05) is 26.2 Å². The molecule has 2 aliphatic heterocycles. The number of amides is 1. The van der Waals surface area contributed by atoms with Gasteiger partial charge in [0, 0.05) is 55.9 Å². The average Bonchev–Trinajstić information content (AvgIpc) is 3.34. The van der Waals surface area contributed by atoms with Crippen LogP contribution in [0.1, 0.15) is 103 Å². The number of ether oxygens (including phenoxy) is 2.